The first kappa shape index (κ1) is 19.7. The van der Waals surface area contributed by atoms with Crippen molar-refractivity contribution in [3.05, 3.63) is 47.3 Å². The van der Waals surface area contributed by atoms with E-state index in [9.17, 15) is 13.2 Å². The molecule has 0 amide bonds. The summed E-state index contributed by atoms with van der Waals surface area (Å²) in [5, 5.41) is 2.42. The largest absolute Gasteiger partial charge is 0.421 e. The van der Waals surface area contributed by atoms with Crippen molar-refractivity contribution in [2.45, 2.75) is 38.8 Å². The second-order valence-corrected chi connectivity index (χ2v) is 5.80. The number of nitrogens with one attached hydrogen (secondary N) is 1. The van der Waals surface area contributed by atoms with Gasteiger partial charge in [-0.3, -0.25) is 0 Å². The molecule has 1 aliphatic carbocycles. The maximum absolute atomic E-state index is 12.9. The normalized spacial score (nSPS) is 17.7. The molecule has 0 bridgehead atoms. The Morgan fingerprint density at radius 3 is 2.65 bits per heavy atom. The average molecular weight is 365 g/mol. The number of hydrogen-bond acceptors (Lipinski definition) is 5. The molecule has 0 saturated carbocycles. The number of allylic oxidation sites excluding steroid dienone is 4. The molecular weight excluding hydrogens is 343 g/mol. The van der Waals surface area contributed by atoms with Gasteiger partial charge in [0.05, 0.1) is 5.71 Å². The zero-order chi connectivity index (χ0) is 19.2. The van der Waals surface area contributed by atoms with E-state index in [2.05, 4.69) is 33.3 Å². The molecule has 0 aromatic carbocycles. The molecule has 0 fully saturated rings. The van der Waals surface area contributed by atoms with Gasteiger partial charge in [-0.05, 0) is 30.6 Å². The quantitative estimate of drug-likeness (QED) is 0.726. The van der Waals surface area contributed by atoms with Crippen molar-refractivity contribution >= 4 is 17.5 Å². The van der Waals surface area contributed by atoms with Gasteiger partial charge in [0, 0.05) is 18.9 Å². The van der Waals surface area contributed by atoms with Crippen LogP contribution in [0.4, 0.5) is 24.9 Å². The topological polar surface area (TPSA) is 76.2 Å². The summed E-state index contributed by atoms with van der Waals surface area (Å²) in [6.45, 7) is 2.15. The Kier molecular flexibility index (Phi) is 6.54. The fourth-order valence-electron chi connectivity index (χ4n) is 2.41. The molecule has 0 saturated heterocycles. The Balaban J connectivity index is 2.19. The molecule has 1 aliphatic rings. The van der Waals surface area contributed by atoms with E-state index in [1.165, 1.54) is 13.5 Å². The second kappa shape index (κ2) is 8.64. The number of nitrogens with zero attached hydrogens (tertiary/aromatic N) is 3. The average Bonchev–Trinajstić information content (AvgIpc) is 2.59. The number of nitrogens with two attached hydrogens (primary N) is 1. The number of anilines is 1. The fraction of sp³-hybridized carbons (Fsp3) is 0.389. The van der Waals surface area contributed by atoms with Crippen molar-refractivity contribution in [1.82, 2.24) is 9.97 Å². The third kappa shape index (κ3) is 5.18. The monoisotopic (exact) mass is 365 g/mol. The summed E-state index contributed by atoms with van der Waals surface area (Å²) in [5.41, 5.74) is 7.06. The SMILES string of the molecule is CCCCC/C=C1/C=CC(=Nc2ncc(C(F)(F)F)c(NC)n2)C=C1N. The summed E-state index contributed by atoms with van der Waals surface area (Å²) in [4.78, 5) is 11.7. The van der Waals surface area contributed by atoms with E-state index < -0.39 is 11.7 Å². The summed E-state index contributed by atoms with van der Waals surface area (Å²) in [6.07, 6.45) is 7.87. The van der Waals surface area contributed by atoms with Crippen LogP contribution in [0.15, 0.2) is 46.8 Å². The van der Waals surface area contributed by atoms with Gasteiger partial charge in [-0.2, -0.15) is 18.2 Å². The van der Waals surface area contributed by atoms with Crippen molar-refractivity contribution in [3.63, 3.8) is 0 Å². The van der Waals surface area contributed by atoms with Gasteiger partial charge in [0.2, 0.25) is 0 Å². The minimum atomic E-state index is -4.53. The minimum absolute atomic E-state index is 0.0681. The molecule has 1 aromatic heterocycles. The first-order valence-corrected chi connectivity index (χ1v) is 8.41. The van der Waals surface area contributed by atoms with E-state index in [0.717, 1.165) is 31.0 Å². The van der Waals surface area contributed by atoms with E-state index in [-0.39, 0.29) is 11.8 Å². The van der Waals surface area contributed by atoms with Gasteiger partial charge in [-0.25, -0.2) is 9.98 Å². The van der Waals surface area contributed by atoms with E-state index in [4.69, 9.17) is 5.73 Å². The van der Waals surface area contributed by atoms with Gasteiger partial charge in [0.25, 0.3) is 5.95 Å². The van der Waals surface area contributed by atoms with E-state index in [0.29, 0.717) is 11.4 Å². The zero-order valence-electron chi connectivity index (χ0n) is 14.8. The highest BCUT2D eigenvalue weighted by Gasteiger charge is 2.35. The maximum atomic E-state index is 12.9. The van der Waals surface area contributed by atoms with Gasteiger partial charge in [-0.1, -0.05) is 31.9 Å². The molecule has 2 rings (SSSR count). The number of hydrogen-bond donors (Lipinski definition) is 2. The van der Waals surface area contributed by atoms with E-state index >= 15 is 0 Å². The Morgan fingerprint density at radius 1 is 1.27 bits per heavy atom. The van der Waals surface area contributed by atoms with Crippen LogP contribution in [0.25, 0.3) is 0 Å². The Hall–Kier alpha value is -2.64. The number of aromatic nitrogens is 2. The first-order chi connectivity index (χ1) is 12.3. The molecule has 0 radical (unpaired) electrons. The summed E-state index contributed by atoms with van der Waals surface area (Å²) in [6, 6.07) is 0. The molecular formula is C18H22F3N5. The Bertz CT molecular complexity index is 761. The predicted molar refractivity (Wildman–Crippen MR) is 97.3 cm³/mol. The van der Waals surface area contributed by atoms with Gasteiger partial charge in [-0.15, -0.1) is 0 Å². The van der Waals surface area contributed by atoms with Crippen LogP contribution >= 0.6 is 0 Å². The van der Waals surface area contributed by atoms with Crippen molar-refractivity contribution in [2.75, 3.05) is 12.4 Å². The number of rotatable bonds is 6. The molecule has 3 N–H and O–H groups in total. The van der Waals surface area contributed by atoms with Gasteiger partial charge < -0.3 is 11.1 Å². The molecule has 140 valence electrons. The summed E-state index contributed by atoms with van der Waals surface area (Å²) >= 11 is 0. The maximum Gasteiger partial charge on any atom is 0.421 e. The highest BCUT2D eigenvalue weighted by atomic mass is 19.4. The van der Waals surface area contributed by atoms with Gasteiger partial charge >= 0.3 is 6.18 Å². The number of alkyl halides is 3. The lowest BCUT2D eigenvalue weighted by Crippen LogP contribution is -2.11. The van der Waals surface area contributed by atoms with E-state index in [1.54, 1.807) is 12.2 Å². The van der Waals surface area contributed by atoms with Gasteiger partial charge in [0.15, 0.2) is 0 Å². The van der Waals surface area contributed by atoms with Crippen LogP contribution in [0, 0.1) is 0 Å². The third-order valence-electron chi connectivity index (χ3n) is 3.79. The van der Waals surface area contributed by atoms with Crippen LogP contribution in [-0.4, -0.2) is 22.7 Å². The molecule has 5 nitrogen and oxygen atoms in total. The summed E-state index contributed by atoms with van der Waals surface area (Å²) in [7, 11) is 1.36. The smallest absolute Gasteiger partial charge is 0.398 e. The van der Waals surface area contributed by atoms with Crippen LogP contribution in [0.5, 0.6) is 0 Å². The molecule has 8 heteroatoms. The number of unbranched alkanes of at least 4 members (excludes halogenated alkanes) is 3. The molecule has 1 aromatic rings. The van der Waals surface area contributed by atoms with Crippen LogP contribution in [0.1, 0.15) is 38.2 Å². The molecule has 1 heterocycles. The van der Waals surface area contributed by atoms with Crippen LogP contribution in [0.2, 0.25) is 0 Å². The molecule has 0 aliphatic heterocycles. The Morgan fingerprint density at radius 2 is 2.04 bits per heavy atom. The summed E-state index contributed by atoms with van der Waals surface area (Å²) in [5.74, 6) is -0.387. The summed E-state index contributed by atoms with van der Waals surface area (Å²) < 4.78 is 38.6. The van der Waals surface area contributed by atoms with E-state index in [1.807, 2.05) is 6.08 Å². The highest BCUT2D eigenvalue weighted by Crippen LogP contribution is 2.33. The fourth-order valence-corrected chi connectivity index (χ4v) is 2.41. The lowest BCUT2D eigenvalue weighted by atomic mass is 10.0. The lowest BCUT2D eigenvalue weighted by Gasteiger charge is -2.12. The third-order valence-corrected chi connectivity index (χ3v) is 3.79. The van der Waals surface area contributed by atoms with Crippen molar-refractivity contribution in [1.29, 1.82) is 0 Å². The highest BCUT2D eigenvalue weighted by molar-refractivity contribution is 6.07. The number of halogens is 3. The standard InChI is InChI=1S/C18H22F3N5/c1-3-4-5-6-7-12-8-9-13(10-15(12)22)25-17-24-11-14(18(19,20)21)16(23-2)26-17/h7-11H,3-6,22H2,1-2H3,(H,23,24,26)/b12-7-,25-13?. The zero-order valence-corrected chi connectivity index (χ0v) is 14.8. The second-order valence-electron chi connectivity index (χ2n) is 5.80. The first-order valence-electron chi connectivity index (χ1n) is 8.41. The van der Waals surface area contributed by atoms with Crippen LogP contribution in [-0.2, 0) is 6.18 Å². The van der Waals surface area contributed by atoms with Crippen LogP contribution in [0.3, 0.4) is 0 Å². The molecule has 0 atom stereocenters. The lowest BCUT2D eigenvalue weighted by molar-refractivity contribution is -0.137. The molecule has 26 heavy (non-hydrogen) atoms. The van der Waals surface area contributed by atoms with Crippen molar-refractivity contribution in [2.24, 2.45) is 10.7 Å². The minimum Gasteiger partial charge on any atom is -0.398 e. The predicted octanol–water partition coefficient (Wildman–Crippen LogP) is 4.53. The Labute approximate surface area is 150 Å². The molecule has 0 unspecified atom stereocenters. The molecule has 0 spiro atoms. The van der Waals surface area contributed by atoms with Crippen molar-refractivity contribution < 1.29 is 13.2 Å². The number of aliphatic imine (C=N–C) groups is 1. The van der Waals surface area contributed by atoms with Crippen molar-refractivity contribution in [3.8, 4) is 0 Å². The van der Waals surface area contributed by atoms with Crippen LogP contribution < -0.4 is 11.1 Å². The van der Waals surface area contributed by atoms with Gasteiger partial charge in [0.1, 0.15) is 11.4 Å².